The van der Waals surface area contributed by atoms with Crippen LogP contribution in [0, 0.1) is 0 Å². The van der Waals surface area contributed by atoms with Crippen LogP contribution in [0.2, 0.25) is 0 Å². The van der Waals surface area contributed by atoms with Gasteiger partial charge in [0.2, 0.25) is 0 Å². The van der Waals surface area contributed by atoms with Gasteiger partial charge in [-0.15, -0.1) is 0 Å². The highest BCUT2D eigenvalue weighted by molar-refractivity contribution is 5.70. The van der Waals surface area contributed by atoms with Gasteiger partial charge in [0.15, 0.2) is 6.10 Å². The molecule has 0 aromatic carbocycles. The molecule has 0 spiro atoms. The molecule has 0 aliphatic heterocycles. The maximum absolute atomic E-state index is 12.8. The van der Waals surface area contributed by atoms with E-state index in [2.05, 4.69) is 93.7 Å². The molecule has 0 heterocycles. The van der Waals surface area contributed by atoms with Crippen LogP contribution in [-0.2, 0) is 23.8 Å². The molecule has 0 amide bonds. The molecule has 0 rings (SSSR count). The van der Waals surface area contributed by atoms with E-state index < -0.39 is 6.10 Å². The first kappa shape index (κ1) is 63.3. The summed E-state index contributed by atoms with van der Waals surface area (Å²) in [6, 6.07) is 0. The van der Waals surface area contributed by atoms with Gasteiger partial charge in [-0.1, -0.05) is 248 Å². The highest BCUT2D eigenvalue weighted by Gasteiger charge is 2.17. The normalized spacial score (nSPS) is 12.7. The van der Waals surface area contributed by atoms with Gasteiger partial charge in [-0.05, 0) is 89.9 Å². The Hall–Kier alpha value is -2.66. The molecule has 1 unspecified atom stereocenters. The zero-order chi connectivity index (χ0) is 47.7. The van der Waals surface area contributed by atoms with Crippen molar-refractivity contribution in [3.05, 3.63) is 72.9 Å². The van der Waals surface area contributed by atoms with Crippen LogP contribution >= 0.6 is 0 Å². The number of unbranched alkanes of at least 4 members (excludes halogenated alkanes) is 29. The summed E-state index contributed by atoms with van der Waals surface area (Å²) in [5.41, 5.74) is 0. The molecular weight excluding hydrogens is 813 g/mol. The Bertz CT molecular complexity index is 1180. The molecule has 0 bridgehead atoms. The SMILES string of the molecule is CC/C=C\C/C=C\C/C=C\C/C=C\CCCCCCCCC(=O)OCC(COCCCCCCCC/C=C\C/C=C\CCCCC)OC(=O)CCCCCCCCCCCCCCCCC. The molecule has 1 atom stereocenters. The van der Waals surface area contributed by atoms with Crippen molar-refractivity contribution in [1.29, 1.82) is 0 Å². The second-order valence-corrected chi connectivity index (χ2v) is 18.8. The summed E-state index contributed by atoms with van der Waals surface area (Å²) in [6.07, 6.45) is 73.4. The first-order valence-corrected chi connectivity index (χ1v) is 28.5. The van der Waals surface area contributed by atoms with Crippen LogP contribution in [0.1, 0.15) is 278 Å². The van der Waals surface area contributed by atoms with E-state index >= 15 is 0 Å². The minimum atomic E-state index is -0.549. The van der Waals surface area contributed by atoms with E-state index in [9.17, 15) is 9.59 Å². The van der Waals surface area contributed by atoms with Gasteiger partial charge in [-0.2, -0.15) is 0 Å². The third kappa shape index (κ3) is 54.0. The minimum Gasteiger partial charge on any atom is -0.462 e. The zero-order valence-corrected chi connectivity index (χ0v) is 44.0. The molecule has 66 heavy (non-hydrogen) atoms. The fourth-order valence-electron chi connectivity index (χ4n) is 8.00. The Morgan fingerprint density at radius 2 is 0.682 bits per heavy atom. The zero-order valence-electron chi connectivity index (χ0n) is 44.0. The lowest BCUT2D eigenvalue weighted by Crippen LogP contribution is -2.30. The highest BCUT2D eigenvalue weighted by Crippen LogP contribution is 2.15. The van der Waals surface area contributed by atoms with Crippen LogP contribution in [0.25, 0.3) is 0 Å². The molecule has 0 saturated heterocycles. The van der Waals surface area contributed by atoms with E-state index in [1.54, 1.807) is 0 Å². The summed E-state index contributed by atoms with van der Waals surface area (Å²) < 4.78 is 17.5. The predicted octanol–water partition coefficient (Wildman–Crippen LogP) is 19.5. The standard InChI is InChI=1S/C61H108O5/c1-4-7-10-13-16-19-22-25-28-30-31-32-34-36-39-42-45-48-51-54-60(62)65-58-59(57-64-56-53-50-47-44-41-38-35-29-26-23-20-17-14-11-8-5-2)66-61(63)55-52-49-46-43-40-37-33-27-24-21-18-15-12-9-6-3/h7,10,16-17,19-20,25-26,28-29,31-32,59H,4-6,8-9,11-15,18,21-24,27,30,33-58H2,1-3H3/b10-7-,19-16-,20-17-,28-25-,29-26-,32-31-. The molecule has 0 saturated carbocycles. The molecule has 0 aliphatic carbocycles. The molecule has 0 N–H and O–H groups in total. The lowest BCUT2D eigenvalue weighted by molar-refractivity contribution is -0.163. The van der Waals surface area contributed by atoms with E-state index in [4.69, 9.17) is 14.2 Å². The fraction of sp³-hybridized carbons (Fsp3) is 0.770. The quantitative estimate of drug-likeness (QED) is 0.0346. The average Bonchev–Trinajstić information content (AvgIpc) is 3.32. The summed E-state index contributed by atoms with van der Waals surface area (Å²) in [5.74, 6) is -0.409. The van der Waals surface area contributed by atoms with Gasteiger partial charge in [-0.3, -0.25) is 9.59 Å². The summed E-state index contributed by atoms with van der Waals surface area (Å²) >= 11 is 0. The number of hydrogen-bond donors (Lipinski definition) is 0. The third-order valence-electron chi connectivity index (χ3n) is 12.2. The molecule has 0 aromatic heterocycles. The number of hydrogen-bond acceptors (Lipinski definition) is 5. The van der Waals surface area contributed by atoms with Gasteiger partial charge in [0, 0.05) is 19.4 Å². The van der Waals surface area contributed by atoms with Gasteiger partial charge in [0.1, 0.15) is 6.61 Å². The summed E-state index contributed by atoms with van der Waals surface area (Å²) in [6.45, 7) is 7.69. The average molecular weight is 922 g/mol. The smallest absolute Gasteiger partial charge is 0.306 e. The Labute approximate surface area is 410 Å². The maximum Gasteiger partial charge on any atom is 0.306 e. The lowest BCUT2D eigenvalue weighted by atomic mass is 10.0. The summed E-state index contributed by atoms with van der Waals surface area (Å²) in [5, 5.41) is 0. The Balaban J connectivity index is 4.30. The molecule has 5 nitrogen and oxygen atoms in total. The van der Waals surface area contributed by atoms with Crippen LogP contribution in [0.4, 0.5) is 0 Å². The van der Waals surface area contributed by atoms with Crippen LogP contribution in [-0.4, -0.2) is 37.9 Å². The lowest BCUT2D eigenvalue weighted by Gasteiger charge is -2.18. The van der Waals surface area contributed by atoms with E-state index in [1.165, 1.54) is 161 Å². The van der Waals surface area contributed by atoms with Crippen LogP contribution < -0.4 is 0 Å². The highest BCUT2D eigenvalue weighted by atomic mass is 16.6. The Morgan fingerprint density at radius 1 is 0.348 bits per heavy atom. The number of ether oxygens (including phenoxy) is 3. The van der Waals surface area contributed by atoms with Crippen molar-refractivity contribution in [2.45, 2.75) is 284 Å². The van der Waals surface area contributed by atoms with E-state index in [1.807, 2.05) is 0 Å². The van der Waals surface area contributed by atoms with Crippen molar-refractivity contribution in [2.24, 2.45) is 0 Å². The number of carbonyl (C=O) groups excluding carboxylic acids is 2. The number of carbonyl (C=O) groups is 2. The number of rotatable bonds is 52. The number of esters is 2. The Morgan fingerprint density at radius 3 is 1.12 bits per heavy atom. The monoisotopic (exact) mass is 921 g/mol. The van der Waals surface area contributed by atoms with Crippen molar-refractivity contribution in [3.63, 3.8) is 0 Å². The molecule has 382 valence electrons. The second-order valence-electron chi connectivity index (χ2n) is 18.8. The molecule has 0 aromatic rings. The van der Waals surface area contributed by atoms with Crippen molar-refractivity contribution in [3.8, 4) is 0 Å². The predicted molar refractivity (Wildman–Crippen MR) is 288 cm³/mol. The van der Waals surface area contributed by atoms with Crippen LogP contribution in [0.3, 0.4) is 0 Å². The fourth-order valence-corrected chi connectivity index (χ4v) is 8.00. The second kappa shape index (κ2) is 56.7. The van der Waals surface area contributed by atoms with Crippen LogP contribution in [0.5, 0.6) is 0 Å². The van der Waals surface area contributed by atoms with Crippen molar-refractivity contribution in [1.82, 2.24) is 0 Å². The van der Waals surface area contributed by atoms with Gasteiger partial charge in [0.05, 0.1) is 6.61 Å². The van der Waals surface area contributed by atoms with E-state index in [-0.39, 0.29) is 25.2 Å². The van der Waals surface area contributed by atoms with Crippen LogP contribution in [0.15, 0.2) is 72.9 Å². The third-order valence-corrected chi connectivity index (χ3v) is 12.2. The van der Waals surface area contributed by atoms with E-state index in [0.717, 1.165) is 83.5 Å². The van der Waals surface area contributed by atoms with Gasteiger partial charge >= 0.3 is 11.9 Å². The molecule has 0 fully saturated rings. The maximum atomic E-state index is 12.8. The van der Waals surface area contributed by atoms with Crippen molar-refractivity contribution in [2.75, 3.05) is 19.8 Å². The first-order valence-electron chi connectivity index (χ1n) is 28.5. The molecule has 0 radical (unpaired) electrons. The first-order chi connectivity index (χ1) is 32.6. The summed E-state index contributed by atoms with van der Waals surface area (Å²) in [4.78, 5) is 25.5. The Kier molecular flexibility index (Phi) is 54.4. The molecular formula is C61H108O5. The largest absolute Gasteiger partial charge is 0.462 e. The molecule has 5 heteroatoms. The van der Waals surface area contributed by atoms with Gasteiger partial charge in [0.25, 0.3) is 0 Å². The number of allylic oxidation sites excluding steroid dienone is 12. The minimum absolute atomic E-state index is 0.0738. The van der Waals surface area contributed by atoms with Crippen molar-refractivity contribution < 1.29 is 23.8 Å². The van der Waals surface area contributed by atoms with E-state index in [0.29, 0.717) is 19.4 Å². The van der Waals surface area contributed by atoms with Crippen molar-refractivity contribution >= 4 is 11.9 Å². The summed E-state index contributed by atoms with van der Waals surface area (Å²) in [7, 11) is 0. The van der Waals surface area contributed by atoms with Gasteiger partial charge in [-0.25, -0.2) is 0 Å². The topological polar surface area (TPSA) is 61.8 Å². The van der Waals surface area contributed by atoms with Gasteiger partial charge < -0.3 is 14.2 Å². The molecule has 0 aliphatic rings.